The van der Waals surface area contributed by atoms with Crippen molar-refractivity contribution in [3.63, 3.8) is 0 Å². The van der Waals surface area contributed by atoms with Crippen LogP contribution < -0.4 is 15.0 Å². The lowest BCUT2D eigenvalue weighted by Crippen LogP contribution is -2.48. The van der Waals surface area contributed by atoms with Gasteiger partial charge in [-0.2, -0.15) is 13.5 Å². The molecule has 1 N–H and O–H groups in total. The molecule has 1 fully saturated rings. The Morgan fingerprint density at radius 2 is 1.87 bits per heavy atom. The molecule has 0 unspecified atom stereocenters. The maximum Gasteiger partial charge on any atom is 0.335 e. The molecule has 10 nitrogen and oxygen atoms in total. The molecule has 0 atom stereocenters. The second kappa shape index (κ2) is 8.15. The second-order valence-corrected chi connectivity index (χ2v) is 9.16. The van der Waals surface area contributed by atoms with Gasteiger partial charge in [0.15, 0.2) is 0 Å². The number of anilines is 2. The van der Waals surface area contributed by atoms with Crippen molar-refractivity contribution in [3.8, 4) is 5.75 Å². The van der Waals surface area contributed by atoms with Crippen molar-refractivity contribution in [2.45, 2.75) is 11.4 Å². The molecule has 1 saturated heterocycles. The predicted octanol–water partition coefficient (Wildman–Crippen LogP) is 1.18. The van der Waals surface area contributed by atoms with Crippen LogP contribution in [0, 0.1) is 0 Å². The van der Waals surface area contributed by atoms with Crippen LogP contribution in [0.15, 0.2) is 35.5 Å². The zero-order chi connectivity index (χ0) is 21.3. The Labute approximate surface area is 176 Å². The number of nitrogens with zero attached hydrogens (tertiary/aromatic N) is 5. The number of ether oxygens (including phenoxy) is 1. The third-order valence-electron chi connectivity index (χ3n) is 5.43. The summed E-state index contributed by atoms with van der Waals surface area (Å²) in [7, 11) is -0.624. The summed E-state index contributed by atoms with van der Waals surface area (Å²) in [6.07, 6.45) is 2.05. The van der Waals surface area contributed by atoms with E-state index in [0.29, 0.717) is 13.0 Å². The number of carbonyl (C=O) groups is 1. The number of rotatable bonds is 6. The Balaban J connectivity index is 1.31. The van der Waals surface area contributed by atoms with Crippen molar-refractivity contribution in [2.75, 3.05) is 56.6 Å². The first-order chi connectivity index (χ1) is 14.4. The quantitative estimate of drug-likeness (QED) is 0.729. The number of carbonyl (C=O) groups excluding carboxylic acids is 1. The minimum atomic E-state index is -3.92. The molecular formula is C19H26N6O4S. The molecule has 2 aliphatic heterocycles. The van der Waals surface area contributed by atoms with Gasteiger partial charge in [-0.05, 0) is 18.6 Å². The van der Waals surface area contributed by atoms with Crippen LogP contribution >= 0.6 is 0 Å². The highest BCUT2D eigenvalue weighted by atomic mass is 32.2. The van der Waals surface area contributed by atoms with Crippen LogP contribution in [-0.2, 0) is 17.1 Å². The summed E-state index contributed by atoms with van der Waals surface area (Å²) in [5, 5.41) is 6.48. The SMILES string of the molecule is COc1ccccc1N1CCN(CCCN2C(=O)Nc3cn(C)nc3S2(=O)=O)CC1. The highest BCUT2D eigenvalue weighted by Crippen LogP contribution is 2.29. The summed E-state index contributed by atoms with van der Waals surface area (Å²) in [5.74, 6) is 0.862. The number of piperazine rings is 1. The van der Waals surface area contributed by atoms with Gasteiger partial charge in [0.05, 0.1) is 12.8 Å². The van der Waals surface area contributed by atoms with Gasteiger partial charge in [-0.3, -0.25) is 9.58 Å². The standard InChI is InChI=1S/C19H26N6O4S/c1-22-14-15-18(21-22)30(27,28)25(19(26)20-15)9-5-8-23-10-12-24(13-11-23)16-6-3-4-7-17(16)29-2/h3-4,6-7,14H,5,8-13H2,1-2H3,(H,20,26). The number of amides is 2. The van der Waals surface area contributed by atoms with E-state index in [1.165, 1.54) is 10.9 Å². The average Bonchev–Trinajstić information content (AvgIpc) is 3.12. The van der Waals surface area contributed by atoms with Crippen molar-refractivity contribution in [2.24, 2.45) is 7.05 Å². The fourth-order valence-electron chi connectivity index (χ4n) is 3.90. The second-order valence-electron chi connectivity index (χ2n) is 7.38. The first-order valence-electron chi connectivity index (χ1n) is 9.88. The number of fused-ring (bicyclic) bond motifs is 1. The molecular weight excluding hydrogens is 408 g/mol. The molecule has 0 radical (unpaired) electrons. The van der Waals surface area contributed by atoms with E-state index in [4.69, 9.17) is 4.74 Å². The fraction of sp³-hybridized carbons (Fsp3) is 0.474. The lowest BCUT2D eigenvalue weighted by Gasteiger charge is -2.37. The smallest absolute Gasteiger partial charge is 0.335 e. The molecule has 0 aliphatic carbocycles. The minimum Gasteiger partial charge on any atom is -0.495 e. The van der Waals surface area contributed by atoms with Gasteiger partial charge in [-0.15, -0.1) is 0 Å². The van der Waals surface area contributed by atoms with Crippen LogP contribution in [0.5, 0.6) is 5.75 Å². The van der Waals surface area contributed by atoms with E-state index in [9.17, 15) is 13.2 Å². The van der Waals surface area contributed by atoms with E-state index in [2.05, 4.69) is 26.3 Å². The maximum atomic E-state index is 12.7. The molecule has 11 heteroatoms. The molecule has 0 spiro atoms. The topological polar surface area (TPSA) is 100 Å². The number of nitrogens with one attached hydrogen (secondary N) is 1. The van der Waals surface area contributed by atoms with Gasteiger partial charge >= 0.3 is 6.03 Å². The molecule has 2 aliphatic rings. The largest absolute Gasteiger partial charge is 0.495 e. The summed E-state index contributed by atoms with van der Waals surface area (Å²) >= 11 is 0. The zero-order valence-corrected chi connectivity index (χ0v) is 17.9. The molecule has 2 aromatic rings. The van der Waals surface area contributed by atoms with Gasteiger partial charge in [0, 0.05) is 52.5 Å². The van der Waals surface area contributed by atoms with Gasteiger partial charge in [0.1, 0.15) is 11.4 Å². The van der Waals surface area contributed by atoms with Crippen LogP contribution in [-0.4, -0.2) is 79.8 Å². The summed E-state index contributed by atoms with van der Waals surface area (Å²) in [6, 6.07) is 7.34. The average molecular weight is 435 g/mol. The van der Waals surface area contributed by atoms with Gasteiger partial charge in [0.25, 0.3) is 10.0 Å². The molecule has 0 bridgehead atoms. The summed E-state index contributed by atoms with van der Waals surface area (Å²) in [4.78, 5) is 16.9. The molecule has 162 valence electrons. The van der Waals surface area contributed by atoms with Crippen molar-refractivity contribution in [1.29, 1.82) is 0 Å². The lowest BCUT2D eigenvalue weighted by atomic mass is 10.2. The van der Waals surface area contributed by atoms with Crippen LogP contribution in [0.2, 0.25) is 0 Å². The van der Waals surface area contributed by atoms with Gasteiger partial charge in [-0.1, -0.05) is 12.1 Å². The predicted molar refractivity (Wildman–Crippen MR) is 112 cm³/mol. The van der Waals surface area contributed by atoms with E-state index in [-0.39, 0.29) is 17.3 Å². The number of aryl methyl sites for hydroxylation is 1. The molecule has 30 heavy (non-hydrogen) atoms. The first kappa shape index (κ1) is 20.5. The fourth-order valence-corrected chi connectivity index (χ4v) is 5.35. The minimum absolute atomic E-state index is 0.102. The van der Waals surface area contributed by atoms with Crippen molar-refractivity contribution >= 4 is 27.4 Å². The Morgan fingerprint density at radius 3 is 2.60 bits per heavy atom. The third-order valence-corrected chi connectivity index (χ3v) is 7.15. The normalized spacial score (nSPS) is 18.8. The highest BCUT2D eigenvalue weighted by molar-refractivity contribution is 7.89. The number of urea groups is 1. The third kappa shape index (κ3) is 3.82. The van der Waals surface area contributed by atoms with Crippen LogP contribution in [0.1, 0.15) is 6.42 Å². The molecule has 1 aromatic heterocycles. The monoisotopic (exact) mass is 434 g/mol. The highest BCUT2D eigenvalue weighted by Gasteiger charge is 2.39. The number of sulfonamides is 1. The van der Waals surface area contributed by atoms with E-state index in [0.717, 1.165) is 41.9 Å². The Hall–Kier alpha value is -2.79. The summed E-state index contributed by atoms with van der Waals surface area (Å²) in [5.41, 5.74) is 1.31. The van der Waals surface area contributed by atoms with Crippen molar-refractivity contribution in [3.05, 3.63) is 30.5 Å². The summed E-state index contributed by atoms with van der Waals surface area (Å²) < 4.78 is 33.2. The van der Waals surface area contributed by atoms with E-state index >= 15 is 0 Å². The molecule has 0 saturated carbocycles. The number of para-hydroxylation sites is 2. The van der Waals surface area contributed by atoms with Gasteiger partial charge in [-0.25, -0.2) is 9.10 Å². The number of methoxy groups -OCH3 is 1. The van der Waals surface area contributed by atoms with Crippen LogP contribution in [0.4, 0.5) is 16.2 Å². The van der Waals surface area contributed by atoms with Gasteiger partial charge < -0.3 is 15.0 Å². The summed E-state index contributed by atoms with van der Waals surface area (Å²) in [6.45, 7) is 4.29. The van der Waals surface area contributed by atoms with E-state index in [1.807, 2.05) is 18.2 Å². The van der Waals surface area contributed by atoms with E-state index < -0.39 is 16.1 Å². The van der Waals surface area contributed by atoms with Gasteiger partial charge in [0.2, 0.25) is 5.03 Å². The van der Waals surface area contributed by atoms with Crippen molar-refractivity contribution < 1.29 is 17.9 Å². The Morgan fingerprint density at radius 1 is 1.13 bits per heavy atom. The molecule has 3 heterocycles. The maximum absolute atomic E-state index is 12.7. The number of hydrogen-bond donors (Lipinski definition) is 1. The first-order valence-corrected chi connectivity index (χ1v) is 11.3. The number of aromatic nitrogens is 2. The molecule has 4 rings (SSSR count). The zero-order valence-electron chi connectivity index (χ0n) is 17.1. The Bertz CT molecular complexity index is 1030. The van der Waals surface area contributed by atoms with Crippen molar-refractivity contribution in [1.82, 2.24) is 19.0 Å². The Kier molecular flexibility index (Phi) is 5.56. The number of benzene rings is 1. The molecule has 2 amide bonds. The molecule has 1 aromatic carbocycles. The van der Waals surface area contributed by atoms with Crippen LogP contribution in [0.3, 0.4) is 0 Å². The van der Waals surface area contributed by atoms with E-state index in [1.54, 1.807) is 14.2 Å². The number of hydrogen-bond acceptors (Lipinski definition) is 7. The van der Waals surface area contributed by atoms with Crippen LogP contribution in [0.25, 0.3) is 0 Å². The lowest BCUT2D eigenvalue weighted by molar-refractivity contribution is 0.225.